The second-order valence-electron chi connectivity index (χ2n) is 5.01. The van der Waals surface area contributed by atoms with Gasteiger partial charge in [-0.15, -0.1) is 0 Å². The minimum atomic E-state index is -4.37. The van der Waals surface area contributed by atoms with Gasteiger partial charge in [0.25, 0.3) is 0 Å². The third-order valence-electron chi connectivity index (χ3n) is 3.25. The first-order valence-electron chi connectivity index (χ1n) is 7.22. The lowest BCUT2D eigenvalue weighted by atomic mass is 9.96. The van der Waals surface area contributed by atoms with E-state index in [2.05, 4.69) is 0 Å². The Hall–Kier alpha value is -1.72. The van der Waals surface area contributed by atoms with Crippen LogP contribution in [0.15, 0.2) is 24.3 Å². The molecule has 1 aromatic carbocycles. The van der Waals surface area contributed by atoms with Crippen molar-refractivity contribution >= 4 is 5.97 Å². The van der Waals surface area contributed by atoms with Crippen molar-refractivity contribution in [1.29, 1.82) is 0 Å². The highest BCUT2D eigenvalue weighted by Crippen LogP contribution is 2.28. The van der Waals surface area contributed by atoms with Gasteiger partial charge < -0.3 is 9.47 Å². The summed E-state index contributed by atoms with van der Waals surface area (Å²) in [7, 11) is 1.55. The van der Waals surface area contributed by atoms with E-state index in [4.69, 9.17) is 9.47 Å². The first-order chi connectivity index (χ1) is 10.4. The lowest BCUT2D eigenvalue weighted by Gasteiger charge is -2.17. The van der Waals surface area contributed by atoms with E-state index in [1.807, 2.05) is 18.2 Å². The molecular weight excluding hydrogens is 297 g/mol. The van der Waals surface area contributed by atoms with Crippen LogP contribution in [0.5, 0.6) is 5.75 Å². The van der Waals surface area contributed by atoms with E-state index < -0.39 is 24.5 Å². The van der Waals surface area contributed by atoms with Crippen LogP contribution >= 0.6 is 0 Å². The molecule has 0 fully saturated rings. The number of aryl methyl sites for hydroxylation is 1. The number of esters is 1. The van der Waals surface area contributed by atoms with E-state index in [0.29, 0.717) is 18.6 Å². The van der Waals surface area contributed by atoms with Gasteiger partial charge in [0.1, 0.15) is 5.75 Å². The van der Waals surface area contributed by atoms with Crippen LogP contribution < -0.4 is 4.74 Å². The third kappa shape index (κ3) is 6.83. The predicted molar refractivity (Wildman–Crippen MR) is 76.7 cm³/mol. The lowest BCUT2D eigenvalue weighted by Crippen LogP contribution is -2.24. The number of carbonyl (C=O) groups excluding carboxylic acids is 1. The zero-order valence-corrected chi connectivity index (χ0v) is 12.8. The van der Waals surface area contributed by atoms with E-state index in [0.717, 1.165) is 5.56 Å². The number of hydrogen-bond donors (Lipinski definition) is 0. The molecule has 0 heterocycles. The van der Waals surface area contributed by atoms with Crippen molar-refractivity contribution in [1.82, 2.24) is 0 Å². The second kappa shape index (κ2) is 8.66. The van der Waals surface area contributed by atoms with Crippen LogP contribution in [0, 0.1) is 5.92 Å². The fourth-order valence-electron chi connectivity index (χ4n) is 2.22. The van der Waals surface area contributed by atoms with Crippen LogP contribution in [0.4, 0.5) is 13.2 Å². The summed E-state index contributed by atoms with van der Waals surface area (Å²) >= 11 is 0. The maximum atomic E-state index is 12.5. The SMILES string of the molecule is CCOC(=O)C(CCCc1cccc(OC)c1)CC(F)(F)F. The van der Waals surface area contributed by atoms with Gasteiger partial charge in [-0.05, 0) is 43.9 Å². The van der Waals surface area contributed by atoms with Crippen LogP contribution in [0.1, 0.15) is 31.7 Å². The van der Waals surface area contributed by atoms with Crippen molar-refractivity contribution in [3.05, 3.63) is 29.8 Å². The predicted octanol–water partition coefficient (Wildman–Crippen LogP) is 4.15. The number of hydrogen-bond acceptors (Lipinski definition) is 3. The highest BCUT2D eigenvalue weighted by Gasteiger charge is 2.35. The quantitative estimate of drug-likeness (QED) is 0.676. The van der Waals surface area contributed by atoms with E-state index >= 15 is 0 Å². The highest BCUT2D eigenvalue weighted by molar-refractivity contribution is 5.72. The van der Waals surface area contributed by atoms with Gasteiger partial charge in [-0.3, -0.25) is 4.79 Å². The van der Waals surface area contributed by atoms with Crippen molar-refractivity contribution in [3.8, 4) is 5.75 Å². The van der Waals surface area contributed by atoms with Gasteiger partial charge in [-0.1, -0.05) is 12.1 Å². The van der Waals surface area contributed by atoms with Gasteiger partial charge in [0.05, 0.1) is 26.1 Å². The Morgan fingerprint density at radius 3 is 2.64 bits per heavy atom. The molecule has 22 heavy (non-hydrogen) atoms. The Balaban J connectivity index is 2.56. The molecule has 0 aromatic heterocycles. The van der Waals surface area contributed by atoms with Crippen LogP contribution in [-0.2, 0) is 16.0 Å². The van der Waals surface area contributed by atoms with Crippen LogP contribution in [-0.4, -0.2) is 25.9 Å². The van der Waals surface area contributed by atoms with E-state index in [1.54, 1.807) is 20.1 Å². The van der Waals surface area contributed by atoms with Gasteiger partial charge in [0, 0.05) is 0 Å². The summed E-state index contributed by atoms with van der Waals surface area (Å²) < 4.78 is 47.4. The van der Waals surface area contributed by atoms with Gasteiger partial charge >= 0.3 is 12.1 Å². The Labute approximate surface area is 128 Å². The summed E-state index contributed by atoms with van der Waals surface area (Å²) in [6.07, 6.45) is -4.29. The molecule has 0 aliphatic rings. The second-order valence-corrected chi connectivity index (χ2v) is 5.01. The molecule has 0 spiro atoms. The summed E-state index contributed by atoms with van der Waals surface area (Å²) in [5.41, 5.74) is 0.967. The topological polar surface area (TPSA) is 35.5 Å². The van der Waals surface area contributed by atoms with Gasteiger partial charge in [-0.25, -0.2) is 0 Å². The number of methoxy groups -OCH3 is 1. The molecule has 0 aliphatic carbocycles. The molecule has 0 amide bonds. The van der Waals surface area contributed by atoms with Crippen LogP contribution in [0.2, 0.25) is 0 Å². The molecular formula is C16H21F3O3. The zero-order valence-electron chi connectivity index (χ0n) is 12.8. The molecule has 124 valence electrons. The summed E-state index contributed by atoms with van der Waals surface area (Å²) in [4.78, 5) is 11.6. The monoisotopic (exact) mass is 318 g/mol. The zero-order chi connectivity index (χ0) is 16.6. The van der Waals surface area contributed by atoms with Crippen molar-refractivity contribution in [2.45, 2.75) is 38.8 Å². The van der Waals surface area contributed by atoms with Crippen LogP contribution in [0.3, 0.4) is 0 Å². The van der Waals surface area contributed by atoms with Crippen LogP contribution in [0.25, 0.3) is 0 Å². The third-order valence-corrected chi connectivity index (χ3v) is 3.25. The number of rotatable bonds is 8. The Morgan fingerprint density at radius 1 is 1.32 bits per heavy atom. The van der Waals surface area contributed by atoms with Gasteiger partial charge in [0.15, 0.2) is 0 Å². The fraction of sp³-hybridized carbons (Fsp3) is 0.562. The Bertz CT molecular complexity index is 472. The number of carbonyl (C=O) groups is 1. The molecule has 0 radical (unpaired) electrons. The Kier molecular flexibility index (Phi) is 7.21. The molecule has 0 saturated carbocycles. The van der Waals surface area contributed by atoms with Crippen molar-refractivity contribution < 1.29 is 27.4 Å². The lowest BCUT2D eigenvalue weighted by molar-refractivity contribution is -0.168. The first kappa shape index (κ1) is 18.3. The minimum Gasteiger partial charge on any atom is -0.497 e. The van der Waals surface area contributed by atoms with E-state index in [9.17, 15) is 18.0 Å². The summed E-state index contributed by atoms with van der Waals surface area (Å²) in [5, 5.41) is 0. The molecule has 0 aliphatic heterocycles. The Morgan fingerprint density at radius 2 is 2.05 bits per heavy atom. The molecule has 1 unspecified atom stereocenters. The van der Waals surface area contributed by atoms with Gasteiger partial charge in [-0.2, -0.15) is 13.2 Å². The number of ether oxygens (including phenoxy) is 2. The molecule has 1 aromatic rings. The molecule has 0 N–H and O–H groups in total. The molecule has 1 rings (SSSR count). The average Bonchev–Trinajstić information content (AvgIpc) is 2.45. The largest absolute Gasteiger partial charge is 0.497 e. The van der Waals surface area contributed by atoms with Crippen molar-refractivity contribution in [3.63, 3.8) is 0 Å². The molecule has 6 heteroatoms. The number of halogens is 3. The van der Waals surface area contributed by atoms with Crippen molar-refractivity contribution in [2.24, 2.45) is 5.92 Å². The van der Waals surface area contributed by atoms with Gasteiger partial charge in [0.2, 0.25) is 0 Å². The fourth-order valence-corrected chi connectivity index (χ4v) is 2.22. The number of alkyl halides is 3. The first-order valence-corrected chi connectivity index (χ1v) is 7.22. The summed E-state index contributed by atoms with van der Waals surface area (Å²) in [6, 6.07) is 7.34. The van der Waals surface area contributed by atoms with E-state index in [-0.39, 0.29) is 13.0 Å². The van der Waals surface area contributed by atoms with E-state index in [1.165, 1.54) is 0 Å². The molecule has 1 atom stereocenters. The normalized spacial score (nSPS) is 12.8. The summed E-state index contributed by atoms with van der Waals surface area (Å²) in [6.45, 7) is 1.67. The van der Waals surface area contributed by atoms with Crippen molar-refractivity contribution in [2.75, 3.05) is 13.7 Å². The maximum absolute atomic E-state index is 12.5. The minimum absolute atomic E-state index is 0.0864. The number of benzene rings is 1. The molecule has 3 nitrogen and oxygen atoms in total. The molecule has 0 saturated heterocycles. The highest BCUT2D eigenvalue weighted by atomic mass is 19.4. The average molecular weight is 318 g/mol. The summed E-state index contributed by atoms with van der Waals surface area (Å²) in [5.74, 6) is -1.20. The maximum Gasteiger partial charge on any atom is 0.389 e. The smallest absolute Gasteiger partial charge is 0.389 e. The molecule has 0 bridgehead atoms. The standard InChI is InChI=1S/C16H21F3O3/c1-3-22-15(20)13(11-16(17,18)19)8-4-6-12-7-5-9-14(10-12)21-2/h5,7,9-10,13H,3-4,6,8,11H2,1-2H3.